The third kappa shape index (κ3) is 6.60. The van der Waals surface area contributed by atoms with Crippen molar-refractivity contribution < 1.29 is 23.9 Å². The molecule has 21 heavy (non-hydrogen) atoms. The molecule has 0 bridgehead atoms. The van der Waals surface area contributed by atoms with Gasteiger partial charge in [-0.25, -0.2) is 0 Å². The van der Waals surface area contributed by atoms with Crippen LogP contribution >= 0.6 is 0 Å². The Labute approximate surface area is 122 Å². The number of rotatable bonds is 9. The molecule has 1 aromatic rings. The minimum Gasteiger partial charge on any atom is -0.481 e. The summed E-state index contributed by atoms with van der Waals surface area (Å²) in [6.45, 7) is 2.11. The molecule has 0 fully saturated rings. The van der Waals surface area contributed by atoms with E-state index in [4.69, 9.17) is 9.52 Å². The fourth-order valence-corrected chi connectivity index (χ4v) is 1.87. The first-order chi connectivity index (χ1) is 10.0. The molecule has 116 valence electrons. The van der Waals surface area contributed by atoms with Crippen molar-refractivity contribution in [3.05, 3.63) is 24.2 Å². The van der Waals surface area contributed by atoms with E-state index in [0.717, 1.165) is 6.42 Å². The third-order valence-corrected chi connectivity index (χ3v) is 2.84. The van der Waals surface area contributed by atoms with Crippen LogP contribution in [0.25, 0.3) is 0 Å². The van der Waals surface area contributed by atoms with E-state index in [2.05, 4.69) is 10.6 Å². The summed E-state index contributed by atoms with van der Waals surface area (Å²) in [5.74, 6) is -1.53. The number of hydrogen-bond donors (Lipinski definition) is 3. The van der Waals surface area contributed by atoms with E-state index in [1.807, 2.05) is 6.92 Å². The van der Waals surface area contributed by atoms with Crippen LogP contribution in [-0.2, 0) is 9.59 Å². The lowest BCUT2D eigenvalue weighted by atomic mass is 10.1. The quantitative estimate of drug-likeness (QED) is 0.633. The minimum absolute atomic E-state index is 0.0963. The predicted octanol–water partition coefficient (Wildman–Crippen LogP) is 1.16. The topological polar surface area (TPSA) is 109 Å². The van der Waals surface area contributed by atoms with Crippen molar-refractivity contribution in [2.75, 3.05) is 6.54 Å². The second-order valence-electron chi connectivity index (χ2n) is 4.67. The average molecular weight is 296 g/mol. The molecule has 2 amide bonds. The van der Waals surface area contributed by atoms with E-state index < -0.39 is 5.97 Å². The van der Waals surface area contributed by atoms with Crippen LogP contribution in [0.4, 0.5) is 0 Å². The number of carboxylic acids is 1. The molecule has 0 aromatic carbocycles. The van der Waals surface area contributed by atoms with Gasteiger partial charge >= 0.3 is 5.97 Å². The Balaban J connectivity index is 2.29. The number of carbonyl (C=O) groups is 3. The zero-order valence-corrected chi connectivity index (χ0v) is 11.9. The van der Waals surface area contributed by atoms with Crippen molar-refractivity contribution in [2.45, 2.75) is 38.6 Å². The van der Waals surface area contributed by atoms with E-state index in [9.17, 15) is 14.4 Å². The maximum atomic E-state index is 11.7. The molecule has 0 aliphatic heterocycles. The predicted molar refractivity (Wildman–Crippen MR) is 74.7 cm³/mol. The first kappa shape index (κ1) is 16.7. The summed E-state index contributed by atoms with van der Waals surface area (Å²) in [6.07, 6.45) is 4.11. The lowest BCUT2D eigenvalue weighted by molar-refractivity contribution is -0.137. The minimum atomic E-state index is -0.943. The smallest absolute Gasteiger partial charge is 0.305 e. The van der Waals surface area contributed by atoms with Crippen LogP contribution in [0.2, 0.25) is 0 Å². The Morgan fingerprint density at radius 3 is 2.71 bits per heavy atom. The van der Waals surface area contributed by atoms with Gasteiger partial charge in [-0.05, 0) is 12.5 Å². The second-order valence-corrected chi connectivity index (χ2v) is 4.67. The number of aliphatic carboxylic acids is 1. The summed E-state index contributed by atoms with van der Waals surface area (Å²) < 4.78 is 4.78. The highest BCUT2D eigenvalue weighted by molar-refractivity contribution is 5.94. The highest BCUT2D eigenvalue weighted by Gasteiger charge is 2.15. The molecule has 0 aliphatic rings. The van der Waals surface area contributed by atoms with Gasteiger partial charge in [-0.2, -0.15) is 0 Å². The van der Waals surface area contributed by atoms with Crippen molar-refractivity contribution in [1.82, 2.24) is 10.6 Å². The van der Waals surface area contributed by atoms with E-state index in [1.54, 1.807) is 0 Å². The summed E-state index contributed by atoms with van der Waals surface area (Å²) in [6, 6.07) is 1.16. The van der Waals surface area contributed by atoms with Gasteiger partial charge in [0.25, 0.3) is 5.91 Å². The van der Waals surface area contributed by atoms with Gasteiger partial charge in [0, 0.05) is 19.0 Å². The summed E-state index contributed by atoms with van der Waals surface area (Å²) in [5, 5.41) is 14.0. The number of carbonyl (C=O) groups excluding carboxylic acids is 2. The van der Waals surface area contributed by atoms with Crippen LogP contribution < -0.4 is 10.6 Å². The average Bonchev–Trinajstić information content (AvgIpc) is 2.91. The van der Waals surface area contributed by atoms with Crippen LogP contribution in [0.5, 0.6) is 0 Å². The first-order valence-corrected chi connectivity index (χ1v) is 6.84. The van der Waals surface area contributed by atoms with Gasteiger partial charge in [0.15, 0.2) is 0 Å². The zero-order chi connectivity index (χ0) is 15.7. The molecule has 0 aliphatic carbocycles. The molecule has 0 spiro atoms. The van der Waals surface area contributed by atoms with Crippen LogP contribution in [-0.4, -0.2) is 35.5 Å². The van der Waals surface area contributed by atoms with Crippen molar-refractivity contribution >= 4 is 17.8 Å². The van der Waals surface area contributed by atoms with E-state index in [-0.39, 0.29) is 37.2 Å². The molecular weight excluding hydrogens is 276 g/mol. The van der Waals surface area contributed by atoms with Crippen LogP contribution in [0.1, 0.15) is 43.0 Å². The van der Waals surface area contributed by atoms with Gasteiger partial charge in [0.2, 0.25) is 5.91 Å². The first-order valence-electron chi connectivity index (χ1n) is 6.84. The van der Waals surface area contributed by atoms with Gasteiger partial charge in [0.1, 0.15) is 6.26 Å². The molecule has 7 heteroatoms. The summed E-state index contributed by atoms with van der Waals surface area (Å²) >= 11 is 0. The zero-order valence-electron chi connectivity index (χ0n) is 11.9. The van der Waals surface area contributed by atoms with Crippen molar-refractivity contribution in [2.24, 2.45) is 0 Å². The third-order valence-electron chi connectivity index (χ3n) is 2.84. The lowest BCUT2D eigenvalue weighted by Crippen LogP contribution is -2.38. The maximum absolute atomic E-state index is 11.7. The van der Waals surface area contributed by atoms with E-state index in [1.165, 1.54) is 18.6 Å². The number of amides is 2. The molecule has 0 saturated carbocycles. The van der Waals surface area contributed by atoms with Crippen molar-refractivity contribution in [1.29, 1.82) is 0 Å². The van der Waals surface area contributed by atoms with Crippen LogP contribution in [0.15, 0.2) is 23.0 Å². The van der Waals surface area contributed by atoms with Crippen molar-refractivity contribution in [3.63, 3.8) is 0 Å². The molecule has 1 aromatic heterocycles. The molecule has 0 saturated heterocycles. The normalized spacial score (nSPS) is 11.7. The number of carboxylic acid groups (broad SMARTS) is 1. The second kappa shape index (κ2) is 8.78. The largest absolute Gasteiger partial charge is 0.481 e. The number of hydrogen-bond acceptors (Lipinski definition) is 4. The highest BCUT2D eigenvalue weighted by atomic mass is 16.4. The monoisotopic (exact) mass is 296 g/mol. The summed E-state index contributed by atoms with van der Waals surface area (Å²) in [4.78, 5) is 34.0. The Bertz CT molecular complexity index is 470. The molecule has 1 atom stereocenters. The van der Waals surface area contributed by atoms with Gasteiger partial charge in [0.05, 0.1) is 18.2 Å². The van der Waals surface area contributed by atoms with E-state index in [0.29, 0.717) is 12.0 Å². The molecule has 1 heterocycles. The Hall–Kier alpha value is -2.31. The summed E-state index contributed by atoms with van der Waals surface area (Å²) in [5.41, 5.74) is 0.394. The standard InChI is InChI=1S/C14H20N2O5/c1-2-3-11(8-13(18)19)16-12(17)4-6-15-14(20)10-5-7-21-9-10/h5,7,9,11H,2-4,6,8H2,1H3,(H,15,20)(H,16,17)(H,18,19). The van der Waals surface area contributed by atoms with E-state index >= 15 is 0 Å². The Morgan fingerprint density at radius 1 is 1.38 bits per heavy atom. The molecule has 1 unspecified atom stereocenters. The number of furan rings is 1. The molecule has 7 nitrogen and oxygen atoms in total. The summed E-state index contributed by atoms with van der Waals surface area (Å²) in [7, 11) is 0. The van der Waals surface area contributed by atoms with Crippen molar-refractivity contribution in [3.8, 4) is 0 Å². The Morgan fingerprint density at radius 2 is 2.14 bits per heavy atom. The van der Waals surface area contributed by atoms with Gasteiger partial charge < -0.3 is 20.2 Å². The molecule has 3 N–H and O–H groups in total. The fourth-order valence-electron chi connectivity index (χ4n) is 1.87. The molecule has 1 rings (SSSR count). The number of nitrogens with one attached hydrogen (secondary N) is 2. The lowest BCUT2D eigenvalue weighted by Gasteiger charge is -2.16. The molecular formula is C14H20N2O5. The fraction of sp³-hybridized carbons (Fsp3) is 0.500. The molecule has 0 radical (unpaired) electrons. The van der Waals surface area contributed by atoms with Crippen LogP contribution in [0, 0.1) is 0 Å². The van der Waals surface area contributed by atoms with Crippen LogP contribution in [0.3, 0.4) is 0 Å². The Kier molecular flexibility index (Phi) is 7.00. The highest BCUT2D eigenvalue weighted by Crippen LogP contribution is 2.02. The maximum Gasteiger partial charge on any atom is 0.305 e. The van der Waals surface area contributed by atoms with Gasteiger partial charge in [-0.1, -0.05) is 13.3 Å². The van der Waals surface area contributed by atoms with Gasteiger partial charge in [-0.3, -0.25) is 14.4 Å². The SMILES string of the molecule is CCCC(CC(=O)O)NC(=O)CCNC(=O)c1ccoc1. The van der Waals surface area contributed by atoms with Gasteiger partial charge in [-0.15, -0.1) is 0 Å².